The molecule has 0 unspecified atom stereocenters. The lowest BCUT2D eigenvalue weighted by molar-refractivity contribution is 0.0711. The van der Waals surface area contributed by atoms with E-state index >= 15 is 0 Å². The Morgan fingerprint density at radius 3 is 2.94 bits per heavy atom. The van der Waals surface area contributed by atoms with Gasteiger partial charge in [-0.1, -0.05) is 0 Å². The van der Waals surface area contributed by atoms with Crippen LogP contribution in [0.15, 0.2) is 41.4 Å². The van der Waals surface area contributed by atoms with Crippen molar-refractivity contribution in [2.45, 2.75) is 25.4 Å². The summed E-state index contributed by atoms with van der Waals surface area (Å²) in [5.74, 6) is 0.709. The van der Waals surface area contributed by atoms with Gasteiger partial charge in [-0.15, -0.1) is 0 Å². The van der Waals surface area contributed by atoms with Gasteiger partial charge in [0.2, 0.25) is 0 Å². The third-order valence-electron chi connectivity index (χ3n) is 2.94. The molecule has 2 aromatic heterocycles. The summed E-state index contributed by atoms with van der Waals surface area (Å²) in [5.41, 5.74) is 0.385. The Labute approximate surface area is 104 Å². The van der Waals surface area contributed by atoms with Gasteiger partial charge in [-0.25, -0.2) is 4.98 Å². The summed E-state index contributed by atoms with van der Waals surface area (Å²) in [5, 5.41) is 0. The molecule has 1 amide bonds. The largest absolute Gasteiger partial charge is 0.467 e. The molecule has 3 rings (SSSR count). The van der Waals surface area contributed by atoms with Crippen LogP contribution in [0.4, 0.5) is 0 Å². The molecule has 0 spiro atoms. The van der Waals surface area contributed by atoms with Gasteiger partial charge in [0, 0.05) is 18.4 Å². The van der Waals surface area contributed by atoms with Crippen LogP contribution in [-0.2, 0) is 6.54 Å². The first-order valence-electron chi connectivity index (χ1n) is 5.94. The highest BCUT2D eigenvalue weighted by molar-refractivity contribution is 5.92. The molecule has 5 nitrogen and oxygen atoms in total. The highest BCUT2D eigenvalue weighted by atomic mass is 16.3. The molecule has 0 N–H and O–H groups in total. The molecule has 92 valence electrons. The summed E-state index contributed by atoms with van der Waals surface area (Å²) in [6, 6.07) is 4.01. The average molecular weight is 243 g/mol. The van der Waals surface area contributed by atoms with E-state index in [4.69, 9.17) is 4.42 Å². The Hall–Kier alpha value is -2.17. The van der Waals surface area contributed by atoms with Gasteiger partial charge < -0.3 is 9.32 Å². The van der Waals surface area contributed by atoms with E-state index < -0.39 is 0 Å². The van der Waals surface area contributed by atoms with Gasteiger partial charge in [0.1, 0.15) is 11.5 Å². The van der Waals surface area contributed by atoms with E-state index in [0.717, 1.165) is 18.6 Å². The molecule has 0 aliphatic heterocycles. The molecule has 0 aromatic carbocycles. The second-order valence-corrected chi connectivity index (χ2v) is 4.33. The quantitative estimate of drug-likeness (QED) is 0.822. The molecule has 1 saturated carbocycles. The van der Waals surface area contributed by atoms with E-state index in [1.165, 1.54) is 12.4 Å². The average Bonchev–Trinajstić information content (AvgIpc) is 3.13. The maximum atomic E-state index is 12.3. The lowest BCUT2D eigenvalue weighted by Gasteiger charge is -2.20. The highest BCUT2D eigenvalue weighted by Gasteiger charge is 2.34. The van der Waals surface area contributed by atoms with E-state index in [1.54, 1.807) is 12.5 Å². The number of aromatic nitrogens is 2. The number of nitrogens with zero attached hydrogens (tertiary/aromatic N) is 3. The molecule has 1 aliphatic carbocycles. The van der Waals surface area contributed by atoms with Crippen molar-refractivity contribution in [2.24, 2.45) is 0 Å². The van der Waals surface area contributed by atoms with Crippen molar-refractivity contribution in [1.29, 1.82) is 0 Å². The molecular weight excluding hydrogens is 230 g/mol. The minimum absolute atomic E-state index is 0.0815. The van der Waals surface area contributed by atoms with Crippen LogP contribution in [-0.4, -0.2) is 26.8 Å². The monoisotopic (exact) mass is 243 g/mol. The molecule has 1 fully saturated rings. The summed E-state index contributed by atoms with van der Waals surface area (Å²) in [6.07, 6.45) is 8.31. The Bertz CT molecular complexity index is 520. The zero-order valence-corrected chi connectivity index (χ0v) is 9.82. The van der Waals surface area contributed by atoms with Crippen molar-refractivity contribution in [2.75, 3.05) is 0 Å². The van der Waals surface area contributed by atoms with Crippen molar-refractivity contribution in [3.63, 3.8) is 0 Å². The second kappa shape index (κ2) is 4.60. The van der Waals surface area contributed by atoms with Crippen LogP contribution in [0.5, 0.6) is 0 Å². The van der Waals surface area contributed by atoms with Crippen LogP contribution in [0.2, 0.25) is 0 Å². The van der Waals surface area contributed by atoms with Gasteiger partial charge in [-0.05, 0) is 25.0 Å². The third kappa shape index (κ3) is 2.25. The number of rotatable bonds is 4. The minimum Gasteiger partial charge on any atom is -0.467 e. The smallest absolute Gasteiger partial charge is 0.274 e. The summed E-state index contributed by atoms with van der Waals surface area (Å²) >= 11 is 0. The van der Waals surface area contributed by atoms with Crippen molar-refractivity contribution in [3.05, 3.63) is 48.4 Å². The Morgan fingerprint density at radius 2 is 2.33 bits per heavy atom. The summed E-state index contributed by atoms with van der Waals surface area (Å²) < 4.78 is 5.30. The predicted octanol–water partition coefficient (Wildman–Crippen LogP) is 1.87. The number of furan rings is 1. The number of hydrogen-bond donors (Lipinski definition) is 0. The molecule has 0 bridgehead atoms. The molecule has 18 heavy (non-hydrogen) atoms. The number of hydrogen-bond acceptors (Lipinski definition) is 4. The maximum Gasteiger partial charge on any atom is 0.274 e. The summed E-state index contributed by atoms with van der Waals surface area (Å²) in [7, 11) is 0. The Morgan fingerprint density at radius 1 is 1.44 bits per heavy atom. The number of amides is 1. The SMILES string of the molecule is O=C(c1cnccn1)N(Cc1ccco1)C1CC1. The molecular formula is C13H13N3O2. The molecule has 2 heterocycles. The standard InChI is InChI=1S/C13H13N3O2/c17-13(12-8-14-5-6-15-12)16(10-3-4-10)9-11-2-1-7-18-11/h1-2,5-8,10H,3-4,9H2. The zero-order valence-electron chi connectivity index (χ0n) is 9.82. The Balaban J connectivity index is 1.80. The fourth-order valence-electron chi connectivity index (χ4n) is 1.88. The van der Waals surface area contributed by atoms with Crippen molar-refractivity contribution >= 4 is 5.91 Å². The molecule has 0 atom stereocenters. The lowest BCUT2D eigenvalue weighted by atomic mass is 10.3. The fourth-order valence-corrected chi connectivity index (χ4v) is 1.88. The van der Waals surface area contributed by atoms with Crippen molar-refractivity contribution in [1.82, 2.24) is 14.9 Å². The first-order valence-corrected chi connectivity index (χ1v) is 5.94. The predicted molar refractivity (Wildman–Crippen MR) is 63.6 cm³/mol. The maximum absolute atomic E-state index is 12.3. The highest BCUT2D eigenvalue weighted by Crippen LogP contribution is 2.29. The van der Waals surface area contributed by atoms with Gasteiger partial charge in [0.15, 0.2) is 0 Å². The first kappa shape index (κ1) is 11.0. The van der Waals surface area contributed by atoms with E-state index in [1.807, 2.05) is 17.0 Å². The summed E-state index contributed by atoms with van der Waals surface area (Å²) in [6.45, 7) is 0.493. The second-order valence-electron chi connectivity index (χ2n) is 4.33. The number of carbonyl (C=O) groups excluding carboxylic acids is 1. The normalized spacial score (nSPS) is 14.4. The molecule has 2 aromatic rings. The van der Waals surface area contributed by atoms with Crippen molar-refractivity contribution in [3.8, 4) is 0 Å². The Kier molecular flexibility index (Phi) is 2.80. The zero-order chi connectivity index (χ0) is 12.4. The van der Waals surface area contributed by atoms with Gasteiger partial charge >= 0.3 is 0 Å². The summed E-state index contributed by atoms with van der Waals surface area (Å²) in [4.78, 5) is 22.1. The van der Waals surface area contributed by atoms with Crippen LogP contribution in [0.1, 0.15) is 29.1 Å². The van der Waals surface area contributed by atoms with Crippen LogP contribution in [0.25, 0.3) is 0 Å². The number of carbonyl (C=O) groups is 1. The van der Waals surface area contributed by atoms with Gasteiger partial charge in [0.25, 0.3) is 5.91 Å². The fraction of sp³-hybridized carbons (Fsp3) is 0.308. The van der Waals surface area contributed by atoms with Crippen LogP contribution in [0, 0.1) is 0 Å². The van der Waals surface area contributed by atoms with E-state index in [9.17, 15) is 4.79 Å². The van der Waals surface area contributed by atoms with E-state index in [-0.39, 0.29) is 5.91 Å². The first-order chi connectivity index (χ1) is 8.84. The molecule has 0 saturated heterocycles. The van der Waals surface area contributed by atoms with Gasteiger partial charge in [-0.2, -0.15) is 0 Å². The minimum atomic E-state index is -0.0815. The third-order valence-corrected chi connectivity index (χ3v) is 2.94. The van der Waals surface area contributed by atoms with Crippen LogP contribution < -0.4 is 0 Å². The lowest BCUT2D eigenvalue weighted by Crippen LogP contribution is -2.33. The van der Waals surface area contributed by atoms with E-state index in [0.29, 0.717) is 18.3 Å². The van der Waals surface area contributed by atoms with Crippen LogP contribution in [0.3, 0.4) is 0 Å². The van der Waals surface area contributed by atoms with Gasteiger partial charge in [-0.3, -0.25) is 9.78 Å². The van der Waals surface area contributed by atoms with Crippen molar-refractivity contribution < 1.29 is 9.21 Å². The topological polar surface area (TPSA) is 59.2 Å². The molecule has 0 radical (unpaired) electrons. The van der Waals surface area contributed by atoms with Crippen LogP contribution >= 0.6 is 0 Å². The molecule has 5 heteroatoms. The molecule has 1 aliphatic rings. The van der Waals surface area contributed by atoms with E-state index in [2.05, 4.69) is 9.97 Å². The van der Waals surface area contributed by atoms with Gasteiger partial charge in [0.05, 0.1) is 19.0 Å².